The quantitative estimate of drug-likeness (QED) is 0.420. The molecule has 8 heavy (non-hydrogen) atoms. The van der Waals surface area contributed by atoms with Gasteiger partial charge < -0.3 is 0 Å². The third-order valence-electron chi connectivity index (χ3n) is 0.665. The Morgan fingerprint density at radius 3 is 1.88 bits per heavy atom. The van der Waals surface area contributed by atoms with Crippen LogP contribution in [0.4, 0.5) is 0 Å². The minimum Gasteiger partial charge on any atom is -0.0989 e. The highest BCUT2D eigenvalue weighted by molar-refractivity contribution is 7.45. The van der Waals surface area contributed by atoms with Crippen LogP contribution in [0, 0.1) is 0 Å². The molecule has 0 spiro atoms. The number of rotatable bonds is 4. The molecular formula is C6H10OP+. The predicted octanol–water partition coefficient (Wildman–Crippen LogP) is 2.19. The molecule has 0 unspecified atom stereocenters. The highest BCUT2D eigenvalue weighted by Gasteiger charge is 2.06. The van der Waals surface area contributed by atoms with Crippen molar-refractivity contribution < 1.29 is 4.57 Å². The van der Waals surface area contributed by atoms with E-state index >= 15 is 0 Å². The van der Waals surface area contributed by atoms with Crippen LogP contribution in [0.25, 0.3) is 0 Å². The molecule has 0 aromatic heterocycles. The van der Waals surface area contributed by atoms with Gasteiger partial charge in [-0.25, -0.2) is 0 Å². The molecule has 0 saturated carbocycles. The summed E-state index contributed by atoms with van der Waals surface area (Å²) < 4.78 is 10.6. The molecule has 0 aromatic rings. The summed E-state index contributed by atoms with van der Waals surface area (Å²) in [7, 11) is -1.07. The van der Waals surface area contributed by atoms with Crippen molar-refractivity contribution in [3.8, 4) is 0 Å². The normalized spacial score (nSPS) is 8.00. The fraction of sp³-hybridized carbons (Fsp3) is 0.333. The monoisotopic (exact) mass is 129 g/mol. The molecule has 2 heteroatoms. The molecule has 0 aliphatic rings. The van der Waals surface area contributed by atoms with Crippen LogP contribution in [-0.2, 0) is 4.57 Å². The first-order chi connectivity index (χ1) is 3.81. The molecule has 0 saturated heterocycles. The van der Waals surface area contributed by atoms with Crippen LogP contribution in [0.5, 0.6) is 0 Å². The molecule has 0 radical (unpaired) electrons. The molecule has 0 amide bonds. The zero-order chi connectivity index (χ0) is 6.41. The lowest BCUT2D eigenvalue weighted by molar-refractivity contribution is 0.591. The molecule has 0 bridgehead atoms. The van der Waals surface area contributed by atoms with E-state index in [0.717, 1.165) is 0 Å². The van der Waals surface area contributed by atoms with Crippen LogP contribution >= 0.6 is 7.80 Å². The Morgan fingerprint density at radius 2 is 1.62 bits per heavy atom. The molecule has 0 rings (SSSR count). The van der Waals surface area contributed by atoms with Crippen LogP contribution in [0.15, 0.2) is 25.3 Å². The second-order valence-electron chi connectivity index (χ2n) is 1.42. The first-order valence-electron chi connectivity index (χ1n) is 2.45. The van der Waals surface area contributed by atoms with Crippen molar-refractivity contribution in [1.29, 1.82) is 0 Å². The van der Waals surface area contributed by atoms with Gasteiger partial charge in [0.25, 0.3) is 0 Å². The Hall–Kier alpha value is -0.420. The minimum absolute atomic E-state index is 0.612. The Morgan fingerprint density at radius 1 is 1.25 bits per heavy atom. The van der Waals surface area contributed by atoms with Crippen molar-refractivity contribution in [2.75, 3.05) is 12.3 Å². The summed E-state index contributed by atoms with van der Waals surface area (Å²) in [6.45, 7) is 6.93. The molecule has 0 aliphatic carbocycles. The zero-order valence-electron chi connectivity index (χ0n) is 4.84. The maximum atomic E-state index is 10.6. The first kappa shape index (κ1) is 7.58. The lowest BCUT2D eigenvalue weighted by atomic mass is 10.8. The Balaban J connectivity index is 3.32. The van der Waals surface area contributed by atoms with Crippen molar-refractivity contribution in [2.45, 2.75) is 0 Å². The third-order valence-corrected chi connectivity index (χ3v) is 2.00. The summed E-state index contributed by atoms with van der Waals surface area (Å²) >= 11 is 0. The smallest absolute Gasteiger partial charge is 0.0989 e. The molecule has 0 heterocycles. The fourth-order valence-electron chi connectivity index (χ4n) is 0.363. The van der Waals surface area contributed by atoms with E-state index in [9.17, 15) is 4.57 Å². The van der Waals surface area contributed by atoms with Crippen molar-refractivity contribution in [1.82, 2.24) is 0 Å². The summed E-state index contributed by atoms with van der Waals surface area (Å²) in [4.78, 5) is 0. The van der Waals surface area contributed by atoms with Crippen molar-refractivity contribution in [2.24, 2.45) is 0 Å². The van der Waals surface area contributed by atoms with E-state index in [1.807, 2.05) is 0 Å². The topological polar surface area (TPSA) is 17.1 Å². The van der Waals surface area contributed by atoms with Gasteiger partial charge in [0.15, 0.2) is 12.3 Å². The van der Waals surface area contributed by atoms with Crippen LogP contribution in [0.1, 0.15) is 0 Å². The second-order valence-corrected chi connectivity index (χ2v) is 3.12. The van der Waals surface area contributed by atoms with Gasteiger partial charge in [0.1, 0.15) is 0 Å². The minimum atomic E-state index is -1.07. The highest BCUT2D eigenvalue weighted by Crippen LogP contribution is 2.18. The van der Waals surface area contributed by atoms with Gasteiger partial charge in [0.05, 0.1) is 0 Å². The molecule has 0 N–H and O–H groups in total. The van der Waals surface area contributed by atoms with Gasteiger partial charge in [-0.1, -0.05) is 17.7 Å². The molecular weight excluding hydrogens is 119 g/mol. The SMILES string of the molecule is C=CC[P+](=O)CC=C. The Kier molecular flexibility index (Phi) is 4.48. The van der Waals surface area contributed by atoms with Crippen LogP contribution < -0.4 is 0 Å². The standard InChI is InChI=1S/C6H10OP/c1-3-5-8(7)6-4-2/h3-4H,1-2,5-6H2/q+1. The Labute approximate surface area is 50.9 Å². The maximum absolute atomic E-state index is 10.6. The van der Waals surface area contributed by atoms with Gasteiger partial charge in [-0.2, -0.15) is 0 Å². The van der Waals surface area contributed by atoms with Crippen LogP contribution in [-0.4, -0.2) is 12.3 Å². The van der Waals surface area contributed by atoms with Crippen molar-refractivity contribution in [3.63, 3.8) is 0 Å². The molecule has 0 atom stereocenters. The highest BCUT2D eigenvalue weighted by atomic mass is 31.1. The Bertz CT molecular complexity index is 95.1. The van der Waals surface area contributed by atoms with Gasteiger partial charge in [-0.05, 0) is 12.2 Å². The summed E-state index contributed by atoms with van der Waals surface area (Å²) in [5, 5.41) is 0. The van der Waals surface area contributed by atoms with Crippen molar-refractivity contribution in [3.05, 3.63) is 25.3 Å². The molecule has 1 nitrogen and oxygen atoms in total. The number of hydrogen-bond acceptors (Lipinski definition) is 1. The average Bonchev–Trinajstić information content (AvgIpc) is 1.68. The van der Waals surface area contributed by atoms with Gasteiger partial charge in [-0.15, -0.1) is 0 Å². The summed E-state index contributed by atoms with van der Waals surface area (Å²) in [5.74, 6) is 0. The van der Waals surface area contributed by atoms with E-state index < -0.39 is 7.80 Å². The van der Waals surface area contributed by atoms with Gasteiger partial charge >= 0.3 is 7.80 Å². The summed E-state index contributed by atoms with van der Waals surface area (Å²) in [6.07, 6.45) is 4.56. The van der Waals surface area contributed by atoms with E-state index in [1.54, 1.807) is 12.2 Å². The lowest BCUT2D eigenvalue weighted by Crippen LogP contribution is -1.71. The largest absolute Gasteiger partial charge is 0.346 e. The van der Waals surface area contributed by atoms with Gasteiger partial charge in [-0.3, -0.25) is 0 Å². The van der Waals surface area contributed by atoms with Gasteiger partial charge in [0.2, 0.25) is 0 Å². The number of allylic oxidation sites excluding steroid dienone is 2. The molecule has 0 aliphatic heterocycles. The molecule has 0 fully saturated rings. The van der Waals surface area contributed by atoms with E-state index in [4.69, 9.17) is 0 Å². The molecule has 0 aromatic carbocycles. The maximum Gasteiger partial charge on any atom is 0.346 e. The van der Waals surface area contributed by atoms with Crippen LogP contribution in [0.3, 0.4) is 0 Å². The van der Waals surface area contributed by atoms with Crippen molar-refractivity contribution >= 4 is 7.80 Å². The van der Waals surface area contributed by atoms with Crippen LogP contribution in [0.2, 0.25) is 0 Å². The summed E-state index contributed by atoms with van der Waals surface area (Å²) in [6, 6.07) is 0. The second kappa shape index (κ2) is 4.73. The van der Waals surface area contributed by atoms with E-state index in [0.29, 0.717) is 12.3 Å². The van der Waals surface area contributed by atoms with E-state index in [1.165, 1.54) is 0 Å². The summed E-state index contributed by atoms with van der Waals surface area (Å²) in [5.41, 5.74) is 0. The lowest BCUT2D eigenvalue weighted by Gasteiger charge is -1.71. The first-order valence-corrected chi connectivity index (χ1v) is 4.08. The molecule has 44 valence electrons. The average molecular weight is 129 g/mol. The fourth-order valence-corrected chi connectivity index (χ4v) is 1.09. The van der Waals surface area contributed by atoms with Gasteiger partial charge in [0, 0.05) is 0 Å². The third kappa shape index (κ3) is 3.76. The van der Waals surface area contributed by atoms with E-state index in [2.05, 4.69) is 13.2 Å². The predicted molar refractivity (Wildman–Crippen MR) is 37.7 cm³/mol. The van der Waals surface area contributed by atoms with E-state index in [-0.39, 0.29) is 0 Å². The number of hydrogen-bond donors (Lipinski definition) is 0. The zero-order valence-corrected chi connectivity index (χ0v) is 5.73.